The number of amides is 1. The molecular weight excluding hydrogens is 376 g/mol. The molecule has 1 amide bonds. The lowest BCUT2D eigenvalue weighted by Crippen LogP contribution is -2.54. The average molecular weight is 398 g/mol. The number of sulfonamides is 1. The van der Waals surface area contributed by atoms with Gasteiger partial charge in [-0.15, -0.1) is 0 Å². The van der Waals surface area contributed by atoms with Gasteiger partial charge in [-0.25, -0.2) is 13.9 Å². The molecule has 0 radical (unpaired) electrons. The van der Waals surface area contributed by atoms with Crippen molar-refractivity contribution in [3.05, 3.63) is 24.3 Å². The second-order valence-corrected chi connectivity index (χ2v) is 7.73. The van der Waals surface area contributed by atoms with Crippen LogP contribution in [0.3, 0.4) is 0 Å². The van der Waals surface area contributed by atoms with Gasteiger partial charge in [0.25, 0.3) is 5.91 Å². The summed E-state index contributed by atoms with van der Waals surface area (Å²) in [6.07, 6.45) is -0.509. The van der Waals surface area contributed by atoms with Crippen LogP contribution in [0.25, 0.3) is 0 Å². The first kappa shape index (κ1) is 21.1. The molecule has 0 spiro atoms. The number of methoxy groups -OCH3 is 1. The molecule has 1 heterocycles. The monoisotopic (exact) mass is 398 g/mol. The molecule has 148 valence electrons. The zero-order chi connectivity index (χ0) is 19.9. The lowest BCUT2D eigenvalue weighted by Gasteiger charge is -2.35. The van der Waals surface area contributed by atoms with E-state index in [2.05, 4.69) is 11.8 Å². The van der Waals surface area contributed by atoms with Crippen molar-refractivity contribution in [2.24, 2.45) is 0 Å². The Morgan fingerprint density at radius 3 is 2.56 bits per heavy atom. The number of benzene rings is 1. The number of nitrogens with zero attached hydrogens (tertiary/aromatic N) is 1. The van der Waals surface area contributed by atoms with Gasteiger partial charge in [-0.1, -0.05) is 11.8 Å². The number of hydroxylamine groups is 1. The van der Waals surface area contributed by atoms with Gasteiger partial charge in [0.1, 0.15) is 25.0 Å². The number of ether oxygens (including phenoxy) is 2. The van der Waals surface area contributed by atoms with Gasteiger partial charge in [0.2, 0.25) is 10.0 Å². The molecule has 1 aromatic carbocycles. The van der Waals surface area contributed by atoms with Crippen LogP contribution in [-0.4, -0.2) is 68.0 Å². The Bertz CT molecular complexity index is 799. The third-order valence-corrected chi connectivity index (χ3v) is 5.90. The topological polar surface area (TPSA) is 125 Å². The van der Waals surface area contributed by atoms with Crippen LogP contribution in [0.5, 0.6) is 5.75 Å². The first-order chi connectivity index (χ1) is 12.9. The smallest absolute Gasteiger partial charge is 0.261 e. The van der Waals surface area contributed by atoms with Gasteiger partial charge in [-0.3, -0.25) is 10.0 Å². The molecule has 1 saturated heterocycles. The van der Waals surface area contributed by atoms with Crippen LogP contribution in [0.4, 0.5) is 0 Å². The molecule has 0 aromatic heterocycles. The second kappa shape index (κ2) is 9.68. The molecule has 10 heteroatoms. The molecular formula is C17H22N2O7S. The summed E-state index contributed by atoms with van der Waals surface area (Å²) in [6.45, 7) is 0.199. The van der Waals surface area contributed by atoms with Gasteiger partial charge >= 0.3 is 0 Å². The summed E-state index contributed by atoms with van der Waals surface area (Å²) in [5.74, 6) is 5.07. The summed E-state index contributed by atoms with van der Waals surface area (Å²) in [6, 6.07) is 4.57. The van der Waals surface area contributed by atoms with Crippen LogP contribution in [0.15, 0.2) is 29.2 Å². The van der Waals surface area contributed by atoms with Crippen molar-refractivity contribution in [2.75, 3.05) is 26.9 Å². The molecule has 27 heavy (non-hydrogen) atoms. The number of carbonyl (C=O) groups is 1. The highest BCUT2D eigenvalue weighted by molar-refractivity contribution is 7.89. The van der Waals surface area contributed by atoms with Gasteiger partial charge in [-0.05, 0) is 37.1 Å². The summed E-state index contributed by atoms with van der Waals surface area (Å²) in [4.78, 5) is 11.8. The predicted molar refractivity (Wildman–Crippen MR) is 94.4 cm³/mol. The van der Waals surface area contributed by atoms with E-state index < -0.39 is 28.1 Å². The molecule has 2 atom stereocenters. The van der Waals surface area contributed by atoms with Crippen LogP contribution >= 0.6 is 0 Å². The number of piperidine rings is 1. The van der Waals surface area contributed by atoms with Gasteiger partial charge in [0.05, 0.1) is 11.0 Å². The fourth-order valence-corrected chi connectivity index (χ4v) is 4.31. The van der Waals surface area contributed by atoms with Crippen molar-refractivity contribution >= 4 is 15.9 Å². The van der Waals surface area contributed by atoms with E-state index in [1.54, 1.807) is 0 Å². The van der Waals surface area contributed by atoms with E-state index >= 15 is 0 Å². The minimum absolute atomic E-state index is 0.0508. The number of β-amino-alcohol motifs (C(OH)–C–C–N with tert-alkyl or cyclic N) is 1. The Balaban J connectivity index is 2.15. The van der Waals surface area contributed by atoms with E-state index in [4.69, 9.17) is 14.7 Å². The minimum atomic E-state index is -4.05. The van der Waals surface area contributed by atoms with E-state index in [0.717, 1.165) is 4.31 Å². The Morgan fingerprint density at radius 2 is 1.93 bits per heavy atom. The second-order valence-electron chi connectivity index (χ2n) is 5.84. The molecule has 3 N–H and O–H groups in total. The Labute approximate surface area is 157 Å². The molecule has 0 bridgehead atoms. The van der Waals surface area contributed by atoms with Gasteiger partial charge < -0.3 is 14.6 Å². The normalized spacial score (nSPS) is 20.4. The van der Waals surface area contributed by atoms with E-state index in [0.29, 0.717) is 12.4 Å². The Morgan fingerprint density at radius 1 is 1.26 bits per heavy atom. The summed E-state index contributed by atoms with van der Waals surface area (Å²) in [5.41, 5.74) is 1.48. The van der Waals surface area contributed by atoms with Crippen LogP contribution in [0.1, 0.15) is 12.8 Å². The molecule has 2 unspecified atom stereocenters. The number of nitrogens with one attached hydrogen (secondary N) is 1. The van der Waals surface area contributed by atoms with Crippen molar-refractivity contribution in [1.82, 2.24) is 9.79 Å². The van der Waals surface area contributed by atoms with E-state index in [9.17, 15) is 18.3 Å². The Kier molecular flexibility index (Phi) is 7.58. The van der Waals surface area contributed by atoms with Crippen molar-refractivity contribution in [3.8, 4) is 17.6 Å². The highest BCUT2D eigenvalue weighted by Gasteiger charge is 2.40. The van der Waals surface area contributed by atoms with E-state index in [-0.39, 0.29) is 30.9 Å². The zero-order valence-corrected chi connectivity index (χ0v) is 15.6. The maximum Gasteiger partial charge on any atom is 0.261 e. The van der Waals surface area contributed by atoms with Crippen LogP contribution in [0.2, 0.25) is 0 Å². The molecule has 1 fully saturated rings. The standard InChI is InChI=1S/C17H22N2O7S/c1-25-10-2-3-11-26-14-5-7-15(8-6-14)27(23,24)19-12-13(20)4-9-16(19)17(21)18-22/h5-8,13,16,20,22H,4,9-12H2,1H3,(H,18,21). The SMILES string of the molecule is COCC#CCOc1ccc(S(=O)(=O)N2CC(O)CCC2C(=O)NO)cc1. The number of carbonyl (C=O) groups excluding carboxylic acids is 1. The van der Waals surface area contributed by atoms with Gasteiger partial charge in [-0.2, -0.15) is 4.31 Å². The van der Waals surface area contributed by atoms with Crippen molar-refractivity contribution in [2.45, 2.75) is 29.9 Å². The summed E-state index contributed by atoms with van der Waals surface area (Å²) in [5, 5.41) is 18.7. The maximum atomic E-state index is 12.9. The van der Waals surface area contributed by atoms with Gasteiger partial charge in [0.15, 0.2) is 0 Å². The van der Waals surface area contributed by atoms with Crippen LogP contribution in [-0.2, 0) is 19.6 Å². The summed E-state index contributed by atoms with van der Waals surface area (Å²) in [7, 11) is -2.51. The molecule has 0 aliphatic carbocycles. The molecule has 1 aromatic rings. The lowest BCUT2D eigenvalue weighted by atomic mass is 10.0. The molecule has 0 saturated carbocycles. The van der Waals surface area contributed by atoms with E-state index in [1.165, 1.54) is 36.9 Å². The van der Waals surface area contributed by atoms with Crippen LogP contribution < -0.4 is 10.2 Å². The number of rotatable bonds is 6. The fourth-order valence-electron chi connectivity index (χ4n) is 2.66. The predicted octanol–water partition coefficient (Wildman–Crippen LogP) is -0.265. The fraction of sp³-hybridized carbons (Fsp3) is 0.471. The lowest BCUT2D eigenvalue weighted by molar-refractivity contribution is -0.135. The molecule has 1 aliphatic heterocycles. The average Bonchev–Trinajstić information content (AvgIpc) is 2.67. The van der Waals surface area contributed by atoms with Gasteiger partial charge in [0, 0.05) is 13.7 Å². The maximum absolute atomic E-state index is 12.9. The van der Waals surface area contributed by atoms with E-state index in [1.807, 2.05) is 0 Å². The third-order valence-electron chi connectivity index (χ3n) is 4.01. The number of hydrogen-bond acceptors (Lipinski definition) is 7. The van der Waals surface area contributed by atoms with Crippen molar-refractivity contribution in [1.29, 1.82) is 0 Å². The zero-order valence-electron chi connectivity index (χ0n) is 14.8. The highest BCUT2D eigenvalue weighted by Crippen LogP contribution is 2.27. The largest absolute Gasteiger partial charge is 0.481 e. The molecule has 2 rings (SSSR count). The molecule has 9 nitrogen and oxygen atoms in total. The number of aliphatic hydroxyl groups excluding tert-OH is 1. The molecule has 1 aliphatic rings. The van der Waals surface area contributed by atoms with Crippen LogP contribution in [0, 0.1) is 11.8 Å². The van der Waals surface area contributed by atoms with Crippen molar-refractivity contribution in [3.63, 3.8) is 0 Å². The minimum Gasteiger partial charge on any atom is -0.481 e. The Hall–Kier alpha value is -2.16. The third kappa shape index (κ3) is 5.41. The summed E-state index contributed by atoms with van der Waals surface area (Å²) < 4.78 is 36.8. The summed E-state index contributed by atoms with van der Waals surface area (Å²) >= 11 is 0. The highest BCUT2D eigenvalue weighted by atomic mass is 32.2. The van der Waals surface area contributed by atoms with Crippen molar-refractivity contribution < 1.29 is 33.0 Å². The number of aliphatic hydroxyl groups is 1. The first-order valence-electron chi connectivity index (χ1n) is 8.21. The quantitative estimate of drug-likeness (QED) is 0.342. The number of hydrogen-bond donors (Lipinski definition) is 3. The first-order valence-corrected chi connectivity index (χ1v) is 9.65.